The van der Waals surface area contributed by atoms with Gasteiger partial charge in [-0.3, -0.25) is 9.59 Å². The molecule has 0 aromatic rings. The van der Waals surface area contributed by atoms with E-state index in [-0.39, 0.29) is 18.5 Å². The smallest absolute Gasteiger partial charge is 0.305 e. The first-order chi connectivity index (χ1) is 40.2. The molecular weight excluding hydrogens is 1030 g/mol. The number of hydrogen-bond acceptors (Lipinski definition) is 10. The first-order valence-corrected chi connectivity index (χ1v) is 35.3. The Hall–Kier alpha value is -2.12. The van der Waals surface area contributed by atoms with Crippen LogP contribution in [0.25, 0.3) is 0 Å². The molecule has 1 amide bonds. The second-order valence-electron chi connectivity index (χ2n) is 24.6. The minimum atomic E-state index is -1.57. The zero-order valence-electron chi connectivity index (χ0n) is 53.5. The van der Waals surface area contributed by atoms with Crippen LogP contribution in [0.3, 0.4) is 0 Å². The summed E-state index contributed by atoms with van der Waals surface area (Å²) in [5.41, 5.74) is 0. The molecule has 0 bridgehead atoms. The second-order valence-corrected chi connectivity index (χ2v) is 24.6. The summed E-state index contributed by atoms with van der Waals surface area (Å²) in [7, 11) is 0. The van der Waals surface area contributed by atoms with Crippen LogP contribution in [-0.2, 0) is 23.8 Å². The van der Waals surface area contributed by atoms with E-state index in [0.717, 1.165) is 51.4 Å². The molecule has 82 heavy (non-hydrogen) atoms. The molecule has 1 aliphatic rings. The number of nitrogens with one attached hydrogen (secondary N) is 1. The number of aliphatic hydroxyl groups is 5. The van der Waals surface area contributed by atoms with E-state index in [4.69, 9.17) is 14.2 Å². The van der Waals surface area contributed by atoms with Gasteiger partial charge in [-0.25, -0.2) is 0 Å². The SMILES string of the molecule is CCCCCCC/C=C/CC/C=C/C(O)C(COC1OC(CO)C(O)C(O)C1O)NC(=O)CCCCCCCCCCCCCCCCCC/C=C\CCCCCCCCCCCCCCOC(=O)CCCCCCCCCCCCC. The summed E-state index contributed by atoms with van der Waals surface area (Å²) in [5.74, 6) is -0.179. The highest BCUT2D eigenvalue weighted by atomic mass is 16.7. The number of aliphatic hydroxyl groups excluding tert-OH is 5. The summed E-state index contributed by atoms with van der Waals surface area (Å²) in [6.45, 7) is 4.33. The lowest BCUT2D eigenvalue weighted by Gasteiger charge is -2.40. The van der Waals surface area contributed by atoms with E-state index in [0.29, 0.717) is 19.4 Å². The van der Waals surface area contributed by atoms with Crippen molar-refractivity contribution in [3.63, 3.8) is 0 Å². The van der Waals surface area contributed by atoms with Crippen molar-refractivity contribution < 1.29 is 49.3 Å². The van der Waals surface area contributed by atoms with Crippen LogP contribution in [0.4, 0.5) is 0 Å². The van der Waals surface area contributed by atoms with Gasteiger partial charge in [0.25, 0.3) is 0 Å². The largest absolute Gasteiger partial charge is 0.466 e. The van der Waals surface area contributed by atoms with Crippen LogP contribution < -0.4 is 5.32 Å². The number of allylic oxidation sites excluding steroid dienone is 5. The summed E-state index contributed by atoms with van der Waals surface area (Å²) >= 11 is 0. The average molecular weight is 1160 g/mol. The molecule has 0 spiro atoms. The number of unbranched alkanes of at least 4 members (excludes halogenated alkanes) is 44. The predicted molar refractivity (Wildman–Crippen MR) is 343 cm³/mol. The molecule has 11 nitrogen and oxygen atoms in total. The summed E-state index contributed by atoms with van der Waals surface area (Å²) in [5, 5.41) is 54.4. The lowest BCUT2D eigenvalue weighted by Crippen LogP contribution is -2.60. The fourth-order valence-electron chi connectivity index (χ4n) is 11.2. The molecule has 1 saturated heterocycles. The average Bonchev–Trinajstić information content (AvgIpc) is 3.68. The van der Waals surface area contributed by atoms with Crippen LogP contribution in [0.2, 0.25) is 0 Å². The van der Waals surface area contributed by atoms with Gasteiger partial charge in [0.1, 0.15) is 24.4 Å². The van der Waals surface area contributed by atoms with Crippen LogP contribution in [-0.4, -0.2) is 100 Å². The normalized spacial score (nSPS) is 18.4. The lowest BCUT2D eigenvalue weighted by molar-refractivity contribution is -0.302. The number of hydrogen-bond donors (Lipinski definition) is 6. The highest BCUT2D eigenvalue weighted by Crippen LogP contribution is 2.23. The number of ether oxygens (including phenoxy) is 3. The summed E-state index contributed by atoms with van der Waals surface area (Å²) in [6.07, 6.45) is 67.2. The molecule has 11 heteroatoms. The van der Waals surface area contributed by atoms with Gasteiger partial charge in [0.05, 0.1) is 32.0 Å². The van der Waals surface area contributed by atoms with E-state index in [1.165, 1.54) is 263 Å². The molecule has 1 aliphatic heterocycles. The van der Waals surface area contributed by atoms with Crippen LogP contribution >= 0.6 is 0 Å². The summed E-state index contributed by atoms with van der Waals surface area (Å²) in [6, 6.07) is -0.825. The van der Waals surface area contributed by atoms with E-state index in [1.807, 2.05) is 6.08 Å². The number of amides is 1. The van der Waals surface area contributed by atoms with Gasteiger partial charge in [-0.1, -0.05) is 294 Å². The molecule has 7 atom stereocenters. The van der Waals surface area contributed by atoms with Crippen molar-refractivity contribution in [2.24, 2.45) is 0 Å². The Morgan fingerprint density at radius 3 is 1.21 bits per heavy atom. The maximum Gasteiger partial charge on any atom is 0.305 e. The van der Waals surface area contributed by atoms with Gasteiger partial charge in [-0.15, -0.1) is 0 Å². The topological polar surface area (TPSA) is 175 Å². The fraction of sp³-hybridized carbons (Fsp3) is 0.887. The number of rotatable bonds is 62. The summed E-state index contributed by atoms with van der Waals surface area (Å²) in [4.78, 5) is 25.1. The van der Waals surface area contributed by atoms with Crippen molar-refractivity contribution >= 4 is 11.9 Å². The summed E-state index contributed by atoms with van der Waals surface area (Å²) < 4.78 is 16.7. The molecule has 7 unspecified atom stereocenters. The minimum Gasteiger partial charge on any atom is -0.466 e. The minimum absolute atomic E-state index is 0.0103. The first-order valence-electron chi connectivity index (χ1n) is 35.3. The molecule has 0 aromatic heterocycles. The molecule has 1 rings (SSSR count). The number of carbonyl (C=O) groups excluding carboxylic acids is 2. The van der Waals surface area contributed by atoms with Crippen molar-refractivity contribution in [2.75, 3.05) is 19.8 Å². The Balaban J connectivity index is 1.94. The first kappa shape index (κ1) is 77.9. The van der Waals surface area contributed by atoms with Crippen molar-refractivity contribution in [1.82, 2.24) is 5.32 Å². The molecule has 1 heterocycles. The van der Waals surface area contributed by atoms with Gasteiger partial charge < -0.3 is 45.1 Å². The van der Waals surface area contributed by atoms with Crippen LogP contribution in [0.5, 0.6) is 0 Å². The predicted octanol–water partition coefficient (Wildman–Crippen LogP) is 17.8. The third-order valence-corrected chi connectivity index (χ3v) is 16.7. The Labute approximate surface area is 504 Å². The molecule has 6 N–H and O–H groups in total. The molecule has 0 aromatic carbocycles. The molecule has 0 aliphatic carbocycles. The van der Waals surface area contributed by atoms with Gasteiger partial charge in [0.15, 0.2) is 6.29 Å². The van der Waals surface area contributed by atoms with Crippen molar-refractivity contribution in [2.45, 2.75) is 384 Å². The van der Waals surface area contributed by atoms with E-state index in [9.17, 15) is 35.1 Å². The van der Waals surface area contributed by atoms with E-state index in [1.54, 1.807) is 6.08 Å². The third-order valence-electron chi connectivity index (χ3n) is 16.7. The molecule has 0 radical (unpaired) electrons. The zero-order valence-corrected chi connectivity index (χ0v) is 53.5. The maximum atomic E-state index is 13.0. The van der Waals surface area contributed by atoms with Crippen LogP contribution in [0.15, 0.2) is 36.5 Å². The van der Waals surface area contributed by atoms with E-state index in [2.05, 4.69) is 43.5 Å². The van der Waals surface area contributed by atoms with Crippen molar-refractivity contribution in [3.8, 4) is 0 Å². The number of esters is 1. The monoisotopic (exact) mass is 1160 g/mol. The Kier molecular flexibility index (Phi) is 57.5. The van der Waals surface area contributed by atoms with E-state index >= 15 is 0 Å². The third kappa shape index (κ3) is 49.0. The molecule has 482 valence electrons. The zero-order chi connectivity index (χ0) is 59.5. The van der Waals surface area contributed by atoms with Crippen molar-refractivity contribution in [1.29, 1.82) is 0 Å². The van der Waals surface area contributed by atoms with Gasteiger partial charge in [-0.05, 0) is 70.6 Å². The van der Waals surface area contributed by atoms with Gasteiger partial charge in [-0.2, -0.15) is 0 Å². The highest BCUT2D eigenvalue weighted by molar-refractivity contribution is 5.76. The Morgan fingerprint density at radius 1 is 0.439 bits per heavy atom. The number of carbonyl (C=O) groups is 2. The maximum absolute atomic E-state index is 13.0. The van der Waals surface area contributed by atoms with Crippen molar-refractivity contribution in [3.05, 3.63) is 36.5 Å². The lowest BCUT2D eigenvalue weighted by atomic mass is 9.99. The van der Waals surface area contributed by atoms with Gasteiger partial charge >= 0.3 is 5.97 Å². The van der Waals surface area contributed by atoms with Crippen LogP contribution in [0.1, 0.15) is 341 Å². The fourth-order valence-corrected chi connectivity index (χ4v) is 11.2. The standard InChI is InChI=1S/C71H133NO10/c1-3-5-7-9-11-13-37-41-45-49-53-57-64(74)63(62-81-71-70(79)69(78)68(77)65(61-73)82-71)72-66(75)58-54-50-46-42-39-35-33-31-29-27-25-23-21-19-17-15-16-18-20-22-24-26-28-30-32-34-36-40-44-48-52-56-60-80-67(76)59-55-51-47-43-38-14-12-10-8-6-4-2/h18,20,37,41,53,57,63-65,68-71,73-74,77-79H,3-17,19,21-36,38-40,42-52,54-56,58-62H2,1-2H3,(H,72,75)/b20-18-,41-37+,57-53+. The van der Waals surface area contributed by atoms with Gasteiger partial charge in [0.2, 0.25) is 5.91 Å². The molecular formula is C71H133NO10. The molecule has 0 saturated carbocycles. The Morgan fingerprint density at radius 2 is 0.793 bits per heavy atom. The second kappa shape index (κ2) is 60.6. The van der Waals surface area contributed by atoms with E-state index < -0.39 is 49.5 Å². The Bertz CT molecular complexity index is 1460. The quantitative estimate of drug-likeness (QED) is 0.0195. The van der Waals surface area contributed by atoms with Crippen LogP contribution in [0, 0.1) is 0 Å². The highest BCUT2D eigenvalue weighted by Gasteiger charge is 2.44. The molecule has 1 fully saturated rings. The van der Waals surface area contributed by atoms with Gasteiger partial charge in [0, 0.05) is 12.8 Å².